The lowest BCUT2D eigenvalue weighted by molar-refractivity contribution is 0.574. The van der Waals surface area contributed by atoms with E-state index in [4.69, 9.17) is 11.6 Å². The quantitative estimate of drug-likeness (QED) is 0.887. The minimum absolute atomic E-state index is 0.0393. The van der Waals surface area contributed by atoms with Crippen LogP contribution in [0.1, 0.15) is 5.56 Å². The molecule has 22 heavy (non-hydrogen) atoms. The highest BCUT2D eigenvalue weighted by Crippen LogP contribution is 2.20. The molecule has 0 aliphatic heterocycles. The lowest BCUT2D eigenvalue weighted by Gasteiger charge is -2.10. The molecule has 2 aromatic rings. The highest BCUT2D eigenvalue weighted by Gasteiger charge is 2.23. The normalized spacial score (nSPS) is 12.3. The summed E-state index contributed by atoms with van der Waals surface area (Å²) < 4.78 is 50.5. The van der Waals surface area contributed by atoms with Gasteiger partial charge < -0.3 is 0 Å². The number of halogens is 1. The van der Waals surface area contributed by atoms with Gasteiger partial charge in [-0.15, -0.1) is 0 Å². The molecule has 8 heteroatoms. The van der Waals surface area contributed by atoms with Crippen molar-refractivity contribution in [1.29, 1.82) is 0 Å². The molecule has 5 nitrogen and oxygen atoms in total. The van der Waals surface area contributed by atoms with Crippen molar-refractivity contribution in [3.63, 3.8) is 0 Å². The number of benzene rings is 2. The SMILES string of the molecule is CS(=O)(=O)c1ccccc1S(=O)(=O)NCc1ccc(Cl)cc1. The van der Waals surface area contributed by atoms with Crippen LogP contribution in [-0.4, -0.2) is 23.1 Å². The van der Waals surface area contributed by atoms with Crippen molar-refractivity contribution in [1.82, 2.24) is 4.72 Å². The van der Waals surface area contributed by atoms with Crippen LogP contribution in [0.25, 0.3) is 0 Å². The monoisotopic (exact) mass is 359 g/mol. The molecule has 0 aliphatic rings. The van der Waals surface area contributed by atoms with Gasteiger partial charge in [0, 0.05) is 17.8 Å². The molecule has 0 fully saturated rings. The van der Waals surface area contributed by atoms with Crippen molar-refractivity contribution in [2.75, 3.05) is 6.26 Å². The van der Waals surface area contributed by atoms with Crippen LogP contribution in [0.4, 0.5) is 0 Å². The Morgan fingerprint density at radius 1 is 0.909 bits per heavy atom. The smallest absolute Gasteiger partial charge is 0.224 e. The van der Waals surface area contributed by atoms with Gasteiger partial charge in [0.1, 0.15) is 4.90 Å². The van der Waals surface area contributed by atoms with E-state index in [1.165, 1.54) is 24.3 Å². The molecule has 0 heterocycles. The van der Waals surface area contributed by atoms with Gasteiger partial charge in [0.15, 0.2) is 9.84 Å². The summed E-state index contributed by atoms with van der Waals surface area (Å²) in [6, 6.07) is 12.2. The highest BCUT2D eigenvalue weighted by molar-refractivity contribution is 7.93. The molecule has 0 saturated carbocycles. The van der Waals surface area contributed by atoms with Gasteiger partial charge in [0.2, 0.25) is 10.0 Å². The Balaban J connectivity index is 2.30. The molecular formula is C14H14ClNO4S2. The number of nitrogens with one attached hydrogen (secondary N) is 1. The molecule has 0 spiro atoms. The van der Waals surface area contributed by atoms with Gasteiger partial charge >= 0.3 is 0 Å². The summed E-state index contributed by atoms with van der Waals surface area (Å²) in [6.45, 7) is 0.0393. The van der Waals surface area contributed by atoms with Crippen LogP contribution in [-0.2, 0) is 26.4 Å². The van der Waals surface area contributed by atoms with Crippen molar-refractivity contribution in [3.05, 3.63) is 59.1 Å². The zero-order chi connectivity index (χ0) is 16.4. The van der Waals surface area contributed by atoms with E-state index in [1.54, 1.807) is 24.3 Å². The Hall–Kier alpha value is -1.41. The maximum absolute atomic E-state index is 12.3. The Labute approximate surface area is 134 Å². The van der Waals surface area contributed by atoms with Gasteiger partial charge in [-0.3, -0.25) is 0 Å². The summed E-state index contributed by atoms with van der Waals surface area (Å²) in [7, 11) is -7.59. The Bertz CT molecular complexity index is 875. The molecule has 0 amide bonds. The maximum Gasteiger partial charge on any atom is 0.242 e. The zero-order valence-corrected chi connectivity index (χ0v) is 14.0. The van der Waals surface area contributed by atoms with E-state index in [9.17, 15) is 16.8 Å². The van der Waals surface area contributed by atoms with Crippen LogP contribution in [0.5, 0.6) is 0 Å². The Morgan fingerprint density at radius 3 is 2.00 bits per heavy atom. The fraction of sp³-hybridized carbons (Fsp3) is 0.143. The van der Waals surface area contributed by atoms with Crippen molar-refractivity contribution in [2.24, 2.45) is 0 Å². The predicted octanol–water partition coefficient (Wildman–Crippen LogP) is 2.22. The first kappa shape index (κ1) is 17.0. The summed E-state index contributed by atoms with van der Waals surface area (Å²) in [5.41, 5.74) is 0.713. The van der Waals surface area contributed by atoms with E-state index >= 15 is 0 Å². The third kappa shape index (κ3) is 4.07. The molecule has 0 radical (unpaired) electrons. The van der Waals surface area contributed by atoms with Crippen molar-refractivity contribution in [3.8, 4) is 0 Å². The molecule has 2 rings (SSSR count). The van der Waals surface area contributed by atoms with Crippen LogP contribution in [0.15, 0.2) is 58.3 Å². The van der Waals surface area contributed by atoms with Gasteiger partial charge in [0.05, 0.1) is 4.90 Å². The molecule has 0 unspecified atom stereocenters. The number of hydrogen-bond acceptors (Lipinski definition) is 4. The second kappa shape index (κ2) is 6.37. The van der Waals surface area contributed by atoms with Gasteiger partial charge in [-0.05, 0) is 29.8 Å². The first-order chi connectivity index (χ1) is 10.2. The number of sulfone groups is 1. The molecular weight excluding hydrogens is 346 g/mol. The van der Waals surface area contributed by atoms with E-state index < -0.39 is 19.9 Å². The molecule has 0 saturated heterocycles. The Kier molecular flexibility index (Phi) is 4.91. The van der Waals surface area contributed by atoms with E-state index in [0.717, 1.165) is 6.26 Å². The lowest BCUT2D eigenvalue weighted by Crippen LogP contribution is -2.25. The van der Waals surface area contributed by atoms with E-state index in [-0.39, 0.29) is 16.3 Å². The van der Waals surface area contributed by atoms with E-state index in [0.29, 0.717) is 10.6 Å². The fourth-order valence-electron chi connectivity index (χ4n) is 1.84. The second-order valence-corrected chi connectivity index (χ2v) is 8.83. The number of sulfonamides is 1. The average Bonchev–Trinajstić information content (AvgIpc) is 2.46. The van der Waals surface area contributed by atoms with Gasteiger partial charge in [-0.25, -0.2) is 21.6 Å². The molecule has 1 N–H and O–H groups in total. The average molecular weight is 360 g/mol. The minimum atomic E-state index is -3.94. The summed E-state index contributed by atoms with van der Waals surface area (Å²) >= 11 is 5.76. The molecule has 0 bridgehead atoms. The first-order valence-electron chi connectivity index (χ1n) is 6.23. The van der Waals surface area contributed by atoms with Crippen molar-refractivity contribution in [2.45, 2.75) is 16.3 Å². The second-order valence-electron chi connectivity index (χ2n) is 4.67. The van der Waals surface area contributed by atoms with Crippen molar-refractivity contribution < 1.29 is 16.8 Å². The summed E-state index contributed by atoms with van der Waals surface area (Å²) in [6.07, 6.45) is 0.973. The van der Waals surface area contributed by atoms with Gasteiger partial charge in [0.25, 0.3) is 0 Å². The van der Waals surface area contributed by atoms with Crippen LogP contribution in [0.3, 0.4) is 0 Å². The Morgan fingerprint density at radius 2 is 1.45 bits per heavy atom. The summed E-state index contributed by atoms with van der Waals surface area (Å²) in [5, 5.41) is 0.550. The molecule has 2 aromatic carbocycles. The third-order valence-corrected chi connectivity index (χ3v) is 5.91. The molecule has 0 atom stereocenters. The highest BCUT2D eigenvalue weighted by atomic mass is 35.5. The minimum Gasteiger partial charge on any atom is -0.224 e. The standard InChI is InChI=1S/C14H14ClNO4S2/c1-21(17,18)13-4-2-3-5-14(13)22(19,20)16-10-11-6-8-12(15)9-7-11/h2-9,16H,10H2,1H3. The largest absolute Gasteiger partial charge is 0.242 e. The maximum atomic E-state index is 12.3. The zero-order valence-electron chi connectivity index (χ0n) is 11.7. The number of rotatable bonds is 5. The van der Waals surface area contributed by atoms with Gasteiger partial charge in [-0.1, -0.05) is 35.9 Å². The lowest BCUT2D eigenvalue weighted by atomic mass is 10.2. The number of hydrogen-bond donors (Lipinski definition) is 1. The van der Waals surface area contributed by atoms with E-state index in [2.05, 4.69) is 4.72 Å². The van der Waals surface area contributed by atoms with Crippen molar-refractivity contribution >= 4 is 31.5 Å². The molecule has 0 aliphatic carbocycles. The molecule has 0 aromatic heterocycles. The molecule has 118 valence electrons. The summed E-state index contributed by atoms with van der Waals surface area (Å²) in [5.74, 6) is 0. The van der Waals surface area contributed by atoms with Crippen LogP contribution in [0, 0.1) is 0 Å². The van der Waals surface area contributed by atoms with E-state index in [1.807, 2.05) is 0 Å². The van der Waals surface area contributed by atoms with Crippen LogP contribution in [0.2, 0.25) is 5.02 Å². The fourth-order valence-corrected chi connectivity index (χ4v) is 4.61. The van der Waals surface area contributed by atoms with Crippen LogP contribution >= 0.6 is 11.6 Å². The first-order valence-corrected chi connectivity index (χ1v) is 9.98. The van der Waals surface area contributed by atoms with Crippen LogP contribution < -0.4 is 4.72 Å². The predicted molar refractivity (Wildman–Crippen MR) is 85.0 cm³/mol. The topological polar surface area (TPSA) is 80.3 Å². The van der Waals surface area contributed by atoms with Gasteiger partial charge in [-0.2, -0.15) is 0 Å². The summed E-state index contributed by atoms with van der Waals surface area (Å²) in [4.78, 5) is -0.481. The third-order valence-electron chi connectivity index (χ3n) is 2.92.